The maximum absolute atomic E-state index is 10.7. The summed E-state index contributed by atoms with van der Waals surface area (Å²) in [5.74, 6) is 1.71. The van der Waals surface area contributed by atoms with Crippen molar-refractivity contribution in [1.82, 2.24) is 15.2 Å². The lowest BCUT2D eigenvalue weighted by Crippen LogP contribution is -2.58. The summed E-state index contributed by atoms with van der Waals surface area (Å²) in [6.45, 7) is 5.86. The molecule has 5 nitrogen and oxygen atoms in total. The summed E-state index contributed by atoms with van der Waals surface area (Å²) in [6.07, 6.45) is 1.91. The van der Waals surface area contributed by atoms with Crippen LogP contribution >= 0.6 is 35.0 Å². The molecule has 0 saturated heterocycles. The van der Waals surface area contributed by atoms with Crippen LogP contribution in [0.2, 0.25) is 10.2 Å². The predicted octanol–water partition coefficient (Wildman–Crippen LogP) is 3.03. The third-order valence-electron chi connectivity index (χ3n) is 4.33. The van der Waals surface area contributed by atoms with Gasteiger partial charge in [-0.25, -0.2) is 4.99 Å². The lowest BCUT2D eigenvalue weighted by Gasteiger charge is -2.45. The molecule has 0 spiro atoms. The van der Waals surface area contributed by atoms with Gasteiger partial charge in [0.15, 0.2) is 5.96 Å². The maximum atomic E-state index is 10.7. The lowest BCUT2D eigenvalue weighted by atomic mass is 9.79. The van der Waals surface area contributed by atoms with Crippen LogP contribution in [0.25, 0.3) is 0 Å². The fourth-order valence-electron chi connectivity index (χ4n) is 2.72. The number of nitrogens with zero attached hydrogens (tertiary/aromatic N) is 2. The molecule has 8 heteroatoms. The first-order valence-corrected chi connectivity index (χ1v) is 10.1. The zero-order chi connectivity index (χ0) is 17.7. The summed E-state index contributed by atoms with van der Waals surface area (Å²) >= 11 is 13.9. The normalized spacial score (nSPS) is 23.9. The molecule has 2 atom stereocenters. The highest BCUT2D eigenvalue weighted by atomic mass is 35.5. The molecular weight excluding hydrogens is 367 g/mol. The summed E-state index contributed by atoms with van der Waals surface area (Å²) in [5, 5.41) is 18.5. The van der Waals surface area contributed by atoms with Crippen molar-refractivity contribution in [3.63, 3.8) is 0 Å². The van der Waals surface area contributed by atoms with Crippen molar-refractivity contribution in [1.29, 1.82) is 0 Å². The number of rotatable bonds is 7. The Balaban J connectivity index is 1.97. The lowest BCUT2D eigenvalue weighted by molar-refractivity contribution is -0.0198. The average molecular weight is 393 g/mol. The second-order valence-electron chi connectivity index (χ2n) is 5.97. The van der Waals surface area contributed by atoms with Gasteiger partial charge in [0.2, 0.25) is 0 Å². The maximum Gasteiger partial charge on any atom is 0.191 e. The quantitative estimate of drug-likeness (QED) is 0.492. The molecule has 24 heavy (non-hydrogen) atoms. The fourth-order valence-corrected chi connectivity index (χ4v) is 4.33. The van der Waals surface area contributed by atoms with Crippen molar-refractivity contribution in [2.24, 2.45) is 12.0 Å². The third kappa shape index (κ3) is 4.54. The minimum Gasteiger partial charge on any atom is -0.387 e. The Morgan fingerprint density at radius 3 is 2.71 bits per heavy atom. The van der Waals surface area contributed by atoms with E-state index in [0.717, 1.165) is 30.8 Å². The van der Waals surface area contributed by atoms with Gasteiger partial charge in [0.05, 0.1) is 17.2 Å². The van der Waals surface area contributed by atoms with Crippen molar-refractivity contribution >= 4 is 40.9 Å². The number of hydrogen-bond donors (Lipinski definition) is 3. The Morgan fingerprint density at radius 2 is 2.21 bits per heavy atom. The van der Waals surface area contributed by atoms with Crippen LogP contribution in [-0.2, 0) is 13.6 Å². The molecule has 1 saturated carbocycles. The summed E-state index contributed by atoms with van der Waals surface area (Å²) in [4.78, 5) is 4.57. The number of halogens is 2. The average Bonchev–Trinajstić information content (AvgIpc) is 2.81. The van der Waals surface area contributed by atoms with Gasteiger partial charge in [0, 0.05) is 31.1 Å². The van der Waals surface area contributed by atoms with Crippen LogP contribution in [0.3, 0.4) is 0 Å². The molecule has 2 unspecified atom stereocenters. The van der Waals surface area contributed by atoms with Gasteiger partial charge in [-0.15, -0.1) is 0 Å². The van der Waals surface area contributed by atoms with Crippen LogP contribution in [0.1, 0.15) is 32.4 Å². The van der Waals surface area contributed by atoms with E-state index in [4.69, 9.17) is 23.2 Å². The van der Waals surface area contributed by atoms with E-state index in [2.05, 4.69) is 22.5 Å². The Hall–Kier alpha value is -0.560. The van der Waals surface area contributed by atoms with E-state index in [9.17, 15) is 5.11 Å². The van der Waals surface area contributed by atoms with Gasteiger partial charge in [0.1, 0.15) is 5.15 Å². The van der Waals surface area contributed by atoms with Gasteiger partial charge in [0.25, 0.3) is 0 Å². The number of guanidine groups is 1. The Kier molecular flexibility index (Phi) is 7.16. The van der Waals surface area contributed by atoms with Crippen molar-refractivity contribution in [2.45, 2.75) is 44.1 Å². The molecule has 1 aromatic heterocycles. The molecular formula is C16H26Cl2N4OS. The number of thioether (sulfide) groups is 1. The molecule has 0 bridgehead atoms. The molecule has 136 valence electrons. The minimum absolute atomic E-state index is 0.309. The SMILES string of the molecule is CCNC(=NCc1cc(Cl)c(Cl)n1C)NCC1(O)CCC1SCC. The zero-order valence-electron chi connectivity index (χ0n) is 14.4. The van der Waals surface area contributed by atoms with E-state index in [-0.39, 0.29) is 0 Å². The number of aliphatic imine (C=N–C) groups is 1. The highest BCUT2D eigenvalue weighted by molar-refractivity contribution is 8.00. The first-order chi connectivity index (χ1) is 11.4. The largest absolute Gasteiger partial charge is 0.387 e. The topological polar surface area (TPSA) is 61.6 Å². The van der Waals surface area contributed by atoms with E-state index in [0.29, 0.717) is 34.5 Å². The van der Waals surface area contributed by atoms with Crippen LogP contribution in [0.15, 0.2) is 11.1 Å². The fraction of sp³-hybridized carbons (Fsp3) is 0.688. The van der Waals surface area contributed by atoms with Crippen molar-refractivity contribution in [3.05, 3.63) is 21.9 Å². The standard InChI is InChI=1S/C16H26Cl2N4OS/c1-4-19-15(20-9-11-8-12(17)14(18)22(11)3)21-10-16(23)7-6-13(16)24-5-2/h8,13,23H,4-7,9-10H2,1-3H3,(H2,19,20,21). The van der Waals surface area contributed by atoms with Crippen molar-refractivity contribution < 1.29 is 5.11 Å². The Bertz CT molecular complexity index is 593. The van der Waals surface area contributed by atoms with Crippen LogP contribution in [0.5, 0.6) is 0 Å². The molecule has 3 N–H and O–H groups in total. The molecule has 1 aliphatic rings. The van der Waals surface area contributed by atoms with Gasteiger partial charge in [-0.2, -0.15) is 11.8 Å². The van der Waals surface area contributed by atoms with E-state index in [1.54, 1.807) is 0 Å². The Morgan fingerprint density at radius 1 is 1.46 bits per heavy atom. The van der Waals surface area contributed by atoms with Gasteiger partial charge < -0.3 is 20.3 Å². The highest BCUT2D eigenvalue weighted by Gasteiger charge is 2.45. The number of nitrogens with one attached hydrogen (secondary N) is 2. The van der Waals surface area contributed by atoms with Crippen LogP contribution in [0.4, 0.5) is 0 Å². The van der Waals surface area contributed by atoms with Crippen LogP contribution in [0, 0.1) is 0 Å². The second kappa shape index (κ2) is 8.70. The summed E-state index contributed by atoms with van der Waals surface area (Å²) in [7, 11) is 1.86. The first kappa shape index (κ1) is 19.8. The minimum atomic E-state index is -0.644. The van der Waals surface area contributed by atoms with E-state index in [1.807, 2.05) is 36.4 Å². The van der Waals surface area contributed by atoms with Crippen LogP contribution < -0.4 is 10.6 Å². The molecule has 0 aliphatic heterocycles. The Labute approximate surface area is 158 Å². The zero-order valence-corrected chi connectivity index (χ0v) is 16.7. The predicted molar refractivity (Wildman–Crippen MR) is 104 cm³/mol. The number of aliphatic hydroxyl groups is 1. The van der Waals surface area contributed by atoms with Gasteiger partial charge in [-0.3, -0.25) is 0 Å². The molecule has 2 rings (SSSR count). The molecule has 0 aromatic carbocycles. The first-order valence-electron chi connectivity index (χ1n) is 8.27. The molecule has 1 aromatic rings. The monoisotopic (exact) mass is 392 g/mol. The summed E-state index contributed by atoms with van der Waals surface area (Å²) in [5.41, 5.74) is 0.290. The summed E-state index contributed by atoms with van der Waals surface area (Å²) < 4.78 is 1.82. The second-order valence-corrected chi connectivity index (χ2v) is 8.21. The van der Waals surface area contributed by atoms with E-state index >= 15 is 0 Å². The van der Waals surface area contributed by atoms with E-state index in [1.165, 1.54) is 0 Å². The third-order valence-corrected chi connectivity index (χ3v) is 6.58. The molecule has 1 heterocycles. The van der Waals surface area contributed by atoms with Crippen LogP contribution in [-0.4, -0.2) is 45.3 Å². The number of hydrogen-bond acceptors (Lipinski definition) is 3. The summed E-state index contributed by atoms with van der Waals surface area (Å²) in [6, 6.07) is 1.82. The molecule has 0 radical (unpaired) electrons. The van der Waals surface area contributed by atoms with Crippen molar-refractivity contribution in [3.8, 4) is 0 Å². The van der Waals surface area contributed by atoms with E-state index < -0.39 is 5.60 Å². The molecule has 1 fully saturated rings. The van der Waals surface area contributed by atoms with Gasteiger partial charge >= 0.3 is 0 Å². The van der Waals surface area contributed by atoms with Gasteiger partial charge in [-0.05, 0) is 31.6 Å². The smallest absolute Gasteiger partial charge is 0.191 e. The highest BCUT2D eigenvalue weighted by Crippen LogP contribution is 2.40. The molecule has 1 aliphatic carbocycles. The van der Waals surface area contributed by atoms with Crippen molar-refractivity contribution in [2.75, 3.05) is 18.8 Å². The van der Waals surface area contributed by atoms with Gasteiger partial charge in [-0.1, -0.05) is 30.1 Å². The number of aromatic nitrogens is 1. The molecule has 0 amide bonds.